The summed E-state index contributed by atoms with van der Waals surface area (Å²) in [5, 5.41) is 10.7. The van der Waals surface area contributed by atoms with Crippen molar-refractivity contribution in [2.75, 3.05) is 7.11 Å². The number of rotatable bonds is 5. The van der Waals surface area contributed by atoms with E-state index in [0.717, 1.165) is 36.8 Å². The highest BCUT2D eigenvalue weighted by Crippen LogP contribution is 2.44. The van der Waals surface area contributed by atoms with Crippen molar-refractivity contribution in [3.05, 3.63) is 53.3 Å². The van der Waals surface area contributed by atoms with E-state index in [4.69, 9.17) is 4.74 Å². The minimum absolute atomic E-state index is 0.0874. The topological polar surface area (TPSA) is 59.4 Å². The van der Waals surface area contributed by atoms with Gasteiger partial charge in [0.05, 0.1) is 12.7 Å². The van der Waals surface area contributed by atoms with Gasteiger partial charge in [-0.25, -0.2) is 0 Å². The van der Waals surface area contributed by atoms with Gasteiger partial charge in [-0.2, -0.15) is 0 Å². The number of ketones is 1. The Morgan fingerprint density at radius 1 is 1.22 bits per heavy atom. The number of hydrogen-bond donors (Lipinski definition) is 1. The third-order valence-electron chi connectivity index (χ3n) is 4.57. The average molecular weight is 311 g/mol. The van der Waals surface area contributed by atoms with Crippen molar-refractivity contribution in [1.82, 2.24) is 4.98 Å². The fraction of sp³-hybridized carbons (Fsp3) is 0.368. The number of benzene rings is 1. The first-order valence-electron chi connectivity index (χ1n) is 8.02. The number of Topliss-reactive ketones (excluding diaryl/α,β-unsaturated/α-hetero) is 1. The van der Waals surface area contributed by atoms with Crippen LogP contribution in [0.25, 0.3) is 0 Å². The molecule has 0 amide bonds. The molecule has 1 aromatic heterocycles. The van der Waals surface area contributed by atoms with Crippen LogP contribution < -0.4 is 4.74 Å². The van der Waals surface area contributed by atoms with Crippen molar-refractivity contribution in [2.45, 2.75) is 38.0 Å². The van der Waals surface area contributed by atoms with Gasteiger partial charge in [0.25, 0.3) is 0 Å². The van der Waals surface area contributed by atoms with Crippen LogP contribution in [-0.4, -0.2) is 23.0 Å². The summed E-state index contributed by atoms with van der Waals surface area (Å²) >= 11 is 0. The number of pyridine rings is 1. The van der Waals surface area contributed by atoms with Gasteiger partial charge >= 0.3 is 0 Å². The number of nitrogens with zero attached hydrogens (tertiary/aromatic N) is 1. The summed E-state index contributed by atoms with van der Waals surface area (Å²) in [5.74, 6) is 0.958. The second-order valence-electron chi connectivity index (χ2n) is 6.01. The third-order valence-corrected chi connectivity index (χ3v) is 4.57. The van der Waals surface area contributed by atoms with E-state index in [2.05, 4.69) is 4.98 Å². The SMILES string of the molecule is COc1ccc(C(=O)Cc2ccncc2)c(O)c1C1CCCC1. The molecule has 3 rings (SSSR count). The molecule has 1 aliphatic carbocycles. The van der Waals surface area contributed by atoms with Gasteiger partial charge < -0.3 is 9.84 Å². The molecule has 0 saturated heterocycles. The second-order valence-corrected chi connectivity index (χ2v) is 6.01. The normalized spacial score (nSPS) is 14.8. The van der Waals surface area contributed by atoms with Crippen LogP contribution in [0.4, 0.5) is 0 Å². The van der Waals surface area contributed by atoms with E-state index in [1.165, 1.54) is 0 Å². The Hall–Kier alpha value is -2.36. The number of hydrogen-bond acceptors (Lipinski definition) is 4. The fourth-order valence-corrected chi connectivity index (χ4v) is 3.38. The molecular formula is C19H21NO3. The molecule has 0 atom stereocenters. The van der Waals surface area contributed by atoms with Gasteiger partial charge in [0.1, 0.15) is 11.5 Å². The average Bonchev–Trinajstić information content (AvgIpc) is 3.09. The number of aromatic hydroxyl groups is 1. The number of phenols is 1. The lowest BCUT2D eigenvalue weighted by Gasteiger charge is -2.18. The number of carbonyl (C=O) groups is 1. The monoisotopic (exact) mass is 311 g/mol. The smallest absolute Gasteiger partial charge is 0.170 e. The summed E-state index contributed by atoms with van der Waals surface area (Å²) in [5.41, 5.74) is 2.07. The molecule has 120 valence electrons. The van der Waals surface area contributed by atoms with Crippen LogP contribution in [0.15, 0.2) is 36.7 Å². The van der Waals surface area contributed by atoms with E-state index in [1.54, 1.807) is 31.6 Å². The molecule has 4 heteroatoms. The number of carbonyl (C=O) groups excluding carboxylic acids is 1. The molecule has 1 aromatic carbocycles. The molecule has 0 aliphatic heterocycles. The Labute approximate surface area is 136 Å². The molecule has 1 heterocycles. The lowest BCUT2D eigenvalue weighted by atomic mass is 9.91. The van der Waals surface area contributed by atoms with Gasteiger partial charge in [-0.1, -0.05) is 12.8 Å². The standard InChI is InChI=1S/C19H21NO3/c1-23-17-7-6-15(16(21)12-13-8-10-20-11-9-13)19(22)18(17)14-4-2-3-5-14/h6-11,14,22H,2-5,12H2,1H3. The van der Waals surface area contributed by atoms with Crippen LogP contribution >= 0.6 is 0 Å². The molecule has 23 heavy (non-hydrogen) atoms. The summed E-state index contributed by atoms with van der Waals surface area (Å²) in [7, 11) is 1.60. The number of methoxy groups -OCH3 is 1. The summed E-state index contributed by atoms with van der Waals surface area (Å²) in [6, 6.07) is 7.09. The second kappa shape index (κ2) is 6.82. The molecule has 0 unspecified atom stereocenters. The van der Waals surface area contributed by atoms with Crippen molar-refractivity contribution < 1.29 is 14.6 Å². The zero-order valence-corrected chi connectivity index (χ0v) is 13.3. The van der Waals surface area contributed by atoms with E-state index in [1.807, 2.05) is 12.1 Å². The molecule has 1 aliphatic rings. The highest BCUT2D eigenvalue weighted by atomic mass is 16.5. The maximum atomic E-state index is 12.6. The van der Waals surface area contributed by atoms with Crippen LogP contribution in [-0.2, 0) is 6.42 Å². The van der Waals surface area contributed by atoms with Crippen LogP contribution in [0.3, 0.4) is 0 Å². The Bertz CT molecular complexity index is 691. The Kier molecular flexibility index (Phi) is 4.60. The minimum atomic E-state index is -0.0874. The lowest BCUT2D eigenvalue weighted by molar-refractivity contribution is 0.0990. The summed E-state index contributed by atoms with van der Waals surface area (Å²) in [6.07, 6.45) is 7.97. The number of ether oxygens (including phenoxy) is 1. The van der Waals surface area contributed by atoms with Gasteiger partial charge in [-0.15, -0.1) is 0 Å². The van der Waals surface area contributed by atoms with Crippen LogP contribution in [0.2, 0.25) is 0 Å². The van der Waals surface area contributed by atoms with E-state index in [-0.39, 0.29) is 23.9 Å². The van der Waals surface area contributed by atoms with Crippen molar-refractivity contribution in [2.24, 2.45) is 0 Å². The molecule has 4 nitrogen and oxygen atoms in total. The fourth-order valence-electron chi connectivity index (χ4n) is 3.38. The van der Waals surface area contributed by atoms with Gasteiger partial charge in [0.15, 0.2) is 5.78 Å². The molecule has 0 spiro atoms. The molecule has 1 fully saturated rings. The van der Waals surface area contributed by atoms with Gasteiger partial charge in [0.2, 0.25) is 0 Å². The number of phenolic OH excluding ortho intramolecular Hbond substituents is 1. The van der Waals surface area contributed by atoms with Crippen molar-refractivity contribution in [3.8, 4) is 11.5 Å². The molecule has 0 radical (unpaired) electrons. The highest BCUT2D eigenvalue weighted by Gasteiger charge is 2.27. The largest absolute Gasteiger partial charge is 0.507 e. The summed E-state index contributed by atoms with van der Waals surface area (Å²) in [6.45, 7) is 0. The maximum Gasteiger partial charge on any atom is 0.170 e. The minimum Gasteiger partial charge on any atom is -0.507 e. The van der Waals surface area contributed by atoms with Crippen LogP contribution in [0, 0.1) is 0 Å². The van der Waals surface area contributed by atoms with Gasteiger partial charge in [-0.05, 0) is 48.6 Å². The maximum absolute atomic E-state index is 12.6. The molecule has 2 aromatic rings. The zero-order valence-electron chi connectivity index (χ0n) is 13.3. The Balaban J connectivity index is 1.93. The van der Waals surface area contributed by atoms with Gasteiger partial charge in [-0.3, -0.25) is 9.78 Å². The molecule has 0 bridgehead atoms. The predicted octanol–water partition coefficient (Wildman–Crippen LogP) is 3.88. The third kappa shape index (κ3) is 3.21. The van der Waals surface area contributed by atoms with E-state index in [9.17, 15) is 9.90 Å². The van der Waals surface area contributed by atoms with Crippen molar-refractivity contribution in [3.63, 3.8) is 0 Å². The summed E-state index contributed by atoms with van der Waals surface area (Å²) < 4.78 is 5.41. The van der Waals surface area contributed by atoms with E-state index < -0.39 is 0 Å². The van der Waals surface area contributed by atoms with E-state index in [0.29, 0.717) is 11.3 Å². The Morgan fingerprint density at radius 3 is 2.57 bits per heavy atom. The zero-order chi connectivity index (χ0) is 16.2. The number of aromatic nitrogens is 1. The quantitative estimate of drug-likeness (QED) is 0.851. The first-order valence-corrected chi connectivity index (χ1v) is 8.02. The van der Waals surface area contributed by atoms with E-state index >= 15 is 0 Å². The van der Waals surface area contributed by atoms with Gasteiger partial charge in [0, 0.05) is 24.4 Å². The lowest BCUT2D eigenvalue weighted by Crippen LogP contribution is -2.07. The first-order chi connectivity index (χ1) is 11.2. The molecule has 1 N–H and O–H groups in total. The first kappa shape index (κ1) is 15.5. The van der Waals surface area contributed by atoms with Crippen LogP contribution in [0.5, 0.6) is 11.5 Å². The Morgan fingerprint density at radius 2 is 1.91 bits per heavy atom. The molecule has 1 saturated carbocycles. The molecular weight excluding hydrogens is 290 g/mol. The van der Waals surface area contributed by atoms with Crippen molar-refractivity contribution >= 4 is 5.78 Å². The van der Waals surface area contributed by atoms with Crippen LogP contribution in [0.1, 0.15) is 53.1 Å². The highest BCUT2D eigenvalue weighted by molar-refractivity contribution is 6.00. The summed E-state index contributed by atoms with van der Waals surface area (Å²) in [4.78, 5) is 16.5. The van der Waals surface area contributed by atoms with Crippen molar-refractivity contribution in [1.29, 1.82) is 0 Å². The predicted molar refractivity (Wildman–Crippen MR) is 88.1 cm³/mol.